The molecule has 0 radical (unpaired) electrons. The van der Waals surface area contributed by atoms with E-state index < -0.39 is 0 Å². The second kappa shape index (κ2) is 6.01. The summed E-state index contributed by atoms with van der Waals surface area (Å²) in [5, 5.41) is 0. The molecular formula is C11H18O2. The van der Waals surface area contributed by atoms with Crippen molar-refractivity contribution < 1.29 is 9.47 Å². The summed E-state index contributed by atoms with van der Waals surface area (Å²) in [6.07, 6.45) is 10.5. The zero-order valence-corrected chi connectivity index (χ0v) is 8.29. The minimum atomic E-state index is -0.0619. The van der Waals surface area contributed by atoms with Gasteiger partial charge in [-0.1, -0.05) is 19.3 Å². The summed E-state index contributed by atoms with van der Waals surface area (Å²) in [4.78, 5) is 0. The van der Waals surface area contributed by atoms with E-state index in [1.807, 2.05) is 0 Å². The topological polar surface area (TPSA) is 18.5 Å². The van der Waals surface area contributed by atoms with Crippen LogP contribution in [0.3, 0.4) is 0 Å². The Morgan fingerprint density at radius 1 is 1.62 bits per heavy atom. The maximum Gasteiger partial charge on any atom is 0.159 e. The summed E-state index contributed by atoms with van der Waals surface area (Å²) in [6.45, 7) is 2.92. The van der Waals surface area contributed by atoms with Crippen molar-refractivity contribution in [3.05, 3.63) is 0 Å². The maximum absolute atomic E-state index is 5.62. The standard InChI is InChI=1S/C11H18O2/c1-3-7-10(4-2)13-11-8-5-6-9-12-11/h2,10-11H,3,5-9H2,1H3. The second-order valence-corrected chi connectivity index (χ2v) is 3.38. The van der Waals surface area contributed by atoms with E-state index in [-0.39, 0.29) is 12.4 Å². The van der Waals surface area contributed by atoms with E-state index in [0.717, 1.165) is 32.3 Å². The van der Waals surface area contributed by atoms with Crippen molar-refractivity contribution in [2.45, 2.75) is 51.4 Å². The molecule has 2 atom stereocenters. The molecule has 2 heteroatoms. The van der Waals surface area contributed by atoms with Gasteiger partial charge in [0.1, 0.15) is 6.10 Å². The van der Waals surface area contributed by atoms with E-state index in [4.69, 9.17) is 15.9 Å². The molecule has 0 N–H and O–H groups in total. The summed E-state index contributed by atoms with van der Waals surface area (Å²) in [6, 6.07) is 0. The first-order valence-corrected chi connectivity index (χ1v) is 5.10. The molecule has 74 valence electrons. The van der Waals surface area contributed by atoms with Crippen molar-refractivity contribution in [2.75, 3.05) is 6.61 Å². The van der Waals surface area contributed by atoms with Crippen molar-refractivity contribution in [3.8, 4) is 12.3 Å². The van der Waals surface area contributed by atoms with Crippen LogP contribution in [0.1, 0.15) is 39.0 Å². The lowest BCUT2D eigenvalue weighted by atomic mass is 10.2. The molecule has 0 saturated carbocycles. The van der Waals surface area contributed by atoms with E-state index >= 15 is 0 Å². The molecule has 0 spiro atoms. The monoisotopic (exact) mass is 182 g/mol. The molecule has 2 nitrogen and oxygen atoms in total. The molecule has 13 heavy (non-hydrogen) atoms. The molecular weight excluding hydrogens is 164 g/mol. The Morgan fingerprint density at radius 3 is 3.00 bits per heavy atom. The number of hydrogen-bond acceptors (Lipinski definition) is 2. The van der Waals surface area contributed by atoms with Crippen LogP contribution in [0.2, 0.25) is 0 Å². The molecule has 1 rings (SSSR count). The van der Waals surface area contributed by atoms with Crippen LogP contribution >= 0.6 is 0 Å². The fourth-order valence-electron chi connectivity index (χ4n) is 1.45. The van der Waals surface area contributed by atoms with Crippen molar-refractivity contribution in [3.63, 3.8) is 0 Å². The minimum Gasteiger partial charge on any atom is -0.353 e. The van der Waals surface area contributed by atoms with Crippen molar-refractivity contribution in [1.82, 2.24) is 0 Å². The zero-order chi connectivity index (χ0) is 9.52. The Balaban J connectivity index is 2.24. The minimum absolute atomic E-state index is 0.0543. The largest absolute Gasteiger partial charge is 0.353 e. The zero-order valence-electron chi connectivity index (χ0n) is 8.29. The van der Waals surface area contributed by atoms with Gasteiger partial charge in [-0.05, 0) is 25.7 Å². The SMILES string of the molecule is C#CC(CCC)OC1CCCCO1. The Morgan fingerprint density at radius 2 is 2.46 bits per heavy atom. The van der Waals surface area contributed by atoms with Crippen molar-refractivity contribution >= 4 is 0 Å². The number of rotatable bonds is 4. The number of terminal acetylenes is 1. The first kappa shape index (κ1) is 10.6. The highest BCUT2D eigenvalue weighted by Gasteiger charge is 2.17. The lowest BCUT2D eigenvalue weighted by Gasteiger charge is -2.25. The van der Waals surface area contributed by atoms with Crippen molar-refractivity contribution in [2.24, 2.45) is 0 Å². The Bertz CT molecular complexity index is 165. The third-order valence-corrected chi connectivity index (χ3v) is 2.19. The Labute approximate surface area is 80.6 Å². The highest BCUT2D eigenvalue weighted by molar-refractivity contribution is 4.94. The average Bonchev–Trinajstić information content (AvgIpc) is 2.19. The third kappa shape index (κ3) is 3.80. The van der Waals surface area contributed by atoms with Gasteiger partial charge in [0, 0.05) is 6.61 Å². The summed E-state index contributed by atoms with van der Waals surface area (Å²) in [7, 11) is 0. The van der Waals surface area contributed by atoms with Gasteiger partial charge in [-0.2, -0.15) is 0 Å². The summed E-state index contributed by atoms with van der Waals surface area (Å²) < 4.78 is 11.1. The van der Waals surface area contributed by atoms with Crippen LogP contribution in [0.5, 0.6) is 0 Å². The Hall–Kier alpha value is -0.520. The van der Waals surface area contributed by atoms with Crippen LogP contribution in [0.15, 0.2) is 0 Å². The van der Waals surface area contributed by atoms with Gasteiger partial charge in [-0.25, -0.2) is 0 Å². The molecule has 0 amide bonds. The van der Waals surface area contributed by atoms with E-state index in [9.17, 15) is 0 Å². The molecule has 1 heterocycles. The van der Waals surface area contributed by atoms with Gasteiger partial charge in [0.25, 0.3) is 0 Å². The molecule has 1 saturated heterocycles. The first-order valence-electron chi connectivity index (χ1n) is 5.10. The molecule has 1 fully saturated rings. The van der Waals surface area contributed by atoms with Gasteiger partial charge in [0.15, 0.2) is 6.29 Å². The van der Waals surface area contributed by atoms with E-state index in [0.29, 0.717) is 0 Å². The van der Waals surface area contributed by atoms with E-state index in [1.54, 1.807) is 0 Å². The van der Waals surface area contributed by atoms with Gasteiger partial charge in [0.2, 0.25) is 0 Å². The second-order valence-electron chi connectivity index (χ2n) is 3.38. The average molecular weight is 182 g/mol. The van der Waals surface area contributed by atoms with E-state index in [1.165, 1.54) is 6.42 Å². The number of ether oxygens (including phenoxy) is 2. The molecule has 0 aromatic heterocycles. The quantitative estimate of drug-likeness (QED) is 0.621. The van der Waals surface area contributed by atoms with Gasteiger partial charge in [-0.3, -0.25) is 0 Å². The van der Waals surface area contributed by atoms with Crippen LogP contribution in [-0.4, -0.2) is 19.0 Å². The van der Waals surface area contributed by atoms with Gasteiger partial charge in [0.05, 0.1) is 0 Å². The fraction of sp³-hybridized carbons (Fsp3) is 0.818. The number of hydrogen-bond donors (Lipinski definition) is 0. The molecule has 2 unspecified atom stereocenters. The highest BCUT2D eigenvalue weighted by Crippen LogP contribution is 2.16. The van der Waals surface area contributed by atoms with Gasteiger partial charge in [-0.15, -0.1) is 6.42 Å². The van der Waals surface area contributed by atoms with Crippen LogP contribution in [0.4, 0.5) is 0 Å². The lowest BCUT2D eigenvalue weighted by Crippen LogP contribution is -2.27. The molecule has 0 aromatic rings. The fourth-order valence-corrected chi connectivity index (χ4v) is 1.45. The predicted octanol–water partition coefficient (Wildman–Crippen LogP) is 2.33. The van der Waals surface area contributed by atoms with Crippen LogP contribution < -0.4 is 0 Å². The van der Waals surface area contributed by atoms with Crippen molar-refractivity contribution in [1.29, 1.82) is 0 Å². The van der Waals surface area contributed by atoms with Crippen LogP contribution in [-0.2, 0) is 9.47 Å². The van der Waals surface area contributed by atoms with Gasteiger partial charge < -0.3 is 9.47 Å². The van der Waals surface area contributed by atoms with Crippen LogP contribution in [0.25, 0.3) is 0 Å². The molecule has 1 aliphatic rings. The third-order valence-electron chi connectivity index (χ3n) is 2.19. The molecule has 0 aromatic carbocycles. The summed E-state index contributed by atoms with van der Waals surface area (Å²) in [5.41, 5.74) is 0. The maximum atomic E-state index is 5.62. The lowest BCUT2D eigenvalue weighted by molar-refractivity contribution is -0.177. The van der Waals surface area contributed by atoms with Gasteiger partial charge >= 0.3 is 0 Å². The molecule has 0 bridgehead atoms. The predicted molar refractivity (Wildman–Crippen MR) is 52.2 cm³/mol. The molecule has 1 aliphatic heterocycles. The molecule has 0 aliphatic carbocycles. The summed E-state index contributed by atoms with van der Waals surface area (Å²) in [5.74, 6) is 2.65. The normalized spacial score (nSPS) is 25.1. The highest BCUT2D eigenvalue weighted by atomic mass is 16.7. The van der Waals surface area contributed by atoms with E-state index in [2.05, 4.69) is 12.8 Å². The smallest absolute Gasteiger partial charge is 0.159 e. The summed E-state index contributed by atoms with van der Waals surface area (Å²) >= 11 is 0. The van der Waals surface area contributed by atoms with Crippen LogP contribution in [0, 0.1) is 12.3 Å². The first-order chi connectivity index (χ1) is 6.36. The Kier molecular flexibility index (Phi) is 4.88.